The van der Waals surface area contributed by atoms with Crippen molar-refractivity contribution >= 4 is 0 Å². The first-order valence-electron chi connectivity index (χ1n) is 7.41. The van der Waals surface area contributed by atoms with E-state index in [1.54, 1.807) is 0 Å². The minimum atomic E-state index is 0.218. The van der Waals surface area contributed by atoms with E-state index in [-0.39, 0.29) is 6.04 Å². The molecule has 1 fully saturated rings. The summed E-state index contributed by atoms with van der Waals surface area (Å²) < 4.78 is 0. The maximum atomic E-state index is 6.29. The summed E-state index contributed by atoms with van der Waals surface area (Å²) in [7, 11) is 4.51. The molecule has 2 N–H and O–H groups in total. The largest absolute Gasteiger partial charge is 0.324 e. The topological polar surface area (TPSA) is 32.5 Å². The van der Waals surface area contributed by atoms with E-state index in [2.05, 4.69) is 48.2 Å². The molecule has 1 aromatic rings. The maximum absolute atomic E-state index is 6.29. The van der Waals surface area contributed by atoms with Crippen LogP contribution in [0.4, 0.5) is 0 Å². The van der Waals surface area contributed by atoms with Gasteiger partial charge in [-0.3, -0.25) is 4.90 Å². The average molecular weight is 259 g/mol. The second kappa shape index (κ2) is 5.23. The van der Waals surface area contributed by atoms with Crippen LogP contribution in [0.15, 0.2) is 24.3 Å². The molecule has 2 aliphatic rings. The van der Waals surface area contributed by atoms with Gasteiger partial charge < -0.3 is 10.6 Å². The quantitative estimate of drug-likeness (QED) is 0.883. The summed E-state index contributed by atoms with van der Waals surface area (Å²) in [5.41, 5.74) is 9.10. The van der Waals surface area contributed by atoms with E-state index in [0.717, 1.165) is 6.42 Å². The molecule has 3 rings (SSSR count). The Bertz CT molecular complexity index is 437. The van der Waals surface area contributed by atoms with Crippen LogP contribution in [-0.4, -0.2) is 43.0 Å². The van der Waals surface area contributed by atoms with Gasteiger partial charge in [0.2, 0.25) is 0 Å². The number of fused-ring (bicyclic) bond motifs is 1. The lowest BCUT2D eigenvalue weighted by molar-refractivity contribution is 0.105. The average Bonchev–Trinajstić information content (AvgIpc) is 2.77. The molecule has 1 saturated heterocycles. The summed E-state index contributed by atoms with van der Waals surface area (Å²) in [6.45, 7) is 2.44. The molecule has 0 spiro atoms. The molecular weight excluding hydrogens is 234 g/mol. The first kappa shape index (κ1) is 13.1. The number of likely N-dealkylation sites (tertiary alicyclic amines) is 1. The number of piperidine rings is 1. The van der Waals surface area contributed by atoms with Crippen LogP contribution in [0.3, 0.4) is 0 Å². The molecule has 3 nitrogen and oxygen atoms in total. The Morgan fingerprint density at radius 3 is 2.47 bits per heavy atom. The highest BCUT2D eigenvalue weighted by Gasteiger charge is 2.34. The molecule has 3 heteroatoms. The molecule has 0 bridgehead atoms. The molecule has 0 radical (unpaired) electrons. The van der Waals surface area contributed by atoms with Gasteiger partial charge in [-0.2, -0.15) is 0 Å². The molecular formula is C16H25N3. The Balaban J connectivity index is 1.76. The highest BCUT2D eigenvalue weighted by Crippen LogP contribution is 2.41. The van der Waals surface area contributed by atoms with Crippen molar-refractivity contribution in [3.8, 4) is 0 Å². The van der Waals surface area contributed by atoms with E-state index in [0.29, 0.717) is 12.1 Å². The monoisotopic (exact) mass is 259 g/mol. The predicted molar refractivity (Wildman–Crippen MR) is 79.0 cm³/mol. The third-order valence-corrected chi connectivity index (χ3v) is 4.99. The Labute approximate surface area is 116 Å². The number of benzene rings is 1. The molecule has 104 valence electrons. The minimum absolute atomic E-state index is 0.218. The molecule has 2 unspecified atom stereocenters. The van der Waals surface area contributed by atoms with Crippen molar-refractivity contribution in [2.45, 2.75) is 37.4 Å². The molecule has 19 heavy (non-hydrogen) atoms. The van der Waals surface area contributed by atoms with Crippen LogP contribution >= 0.6 is 0 Å². The first-order chi connectivity index (χ1) is 9.16. The van der Waals surface area contributed by atoms with Crippen molar-refractivity contribution in [3.63, 3.8) is 0 Å². The Kier molecular flexibility index (Phi) is 3.61. The van der Waals surface area contributed by atoms with Gasteiger partial charge in [-0.25, -0.2) is 0 Å². The minimum Gasteiger partial charge on any atom is -0.324 e. The van der Waals surface area contributed by atoms with Gasteiger partial charge in [0.15, 0.2) is 0 Å². The zero-order valence-corrected chi connectivity index (χ0v) is 12.0. The van der Waals surface area contributed by atoms with Crippen LogP contribution in [0.5, 0.6) is 0 Å². The molecule has 0 aromatic heterocycles. The summed E-state index contributed by atoms with van der Waals surface area (Å²) in [4.78, 5) is 5.01. The Hall–Kier alpha value is -0.900. The predicted octanol–water partition coefficient (Wildman–Crippen LogP) is 2.16. The number of hydrogen-bond acceptors (Lipinski definition) is 3. The maximum Gasteiger partial charge on any atom is 0.0369 e. The van der Waals surface area contributed by atoms with Crippen LogP contribution < -0.4 is 5.73 Å². The number of rotatable bonds is 2. The molecule has 0 saturated carbocycles. The van der Waals surface area contributed by atoms with E-state index in [9.17, 15) is 0 Å². The standard InChI is InChI=1S/C16H25N3/c1-18-9-7-12(8-10-18)19(2)16-11-15(17)13-5-3-4-6-14(13)16/h3-6,12,15-16H,7-11,17H2,1-2H3. The van der Waals surface area contributed by atoms with E-state index < -0.39 is 0 Å². The first-order valence-corrected chi connectivity index (χ1v) is 7.41. The van der Waals surface area contributed by atoms with Gasteiger partial charge in [-0.05, 0) is 57.6 Å². The van der Waals surface area contributed by atoms with Gasteiger partial charge >= 0.3 is 0 Å². The normalized spacial score (nSPS) is 28.8. The van der Waals surface area contributed by atoms with Crippen LogP contribution in [0.1, 0.15) is 42.5 Å². The lowest BCUT2D eigenvalue weighted by atomic mass is 10.00. The summed E-state index contributed by atoms with van der Waals surface area (Å²) in [6, 6.07) is 10.2. The molecule has 1 aliphatic carbocycles. The summed E-state index contributed by atoms with van der Waals surface area (Å²) >= 11 is 0. The van der Waals surface area contributed by atoms with Crippen molar-refractivity contribution in [2.75, 3.05) is 27.2 Å². The lowest BCUT2D eigenvalue weighted by Crippen LogP contribution is -2.43. The fraction of sp³-hybridized carbons (Fsp3) is 0.625. The fourth-order valence-electron chi connectivity index (χ4n) is 3.69. The van der Waals surface area contributed by atoms with Crippen LogP contribution in [0.25, 0.3) is 0 Å². The number of hydrogen-bond donors (Lipinski definition) is 1. The van der Waals surface area contributed by atoms with Gasteiger partial charge in [-0.1, -0.05) is 24.3 Å². The SMILES string of the molecule is CN1CCC(N(C)C2CC(N)c3ccccc32)CC1. The third-order valence-electron chi connectivity index (χ3n) is 4.99. The molecule has 1 aromatic carbocycles. The van der Waals surface area contributed by atoms with Gasteiger partial charge in [0.1, 0.15) is 0 Å². The number of nitrogens with two attached hydrogens (primary N) is 1. The smallest absolute Gasteiger partial charge is 0.0369 e. The Morgan fingerprint density at radius 2 is 1.79 bits per heavy atom. The summed E-state index contributed by atoms with van der Waals surface area (Å²) in [5, 5.41) is 0. The van der Waals surface area contributed by atoms with E-state index in [4.69, 9.17) is 5.73 Å². The van der Waals surface area contributed by atoms with Crippen LogP contribution in [-0.2, 0) is 0 Å². The zero-order valence-electron chi connectivity index (χ0n) is 12.0. The Morgan fingerprint density at radius 1 is 1.16 bits per heavy atom. The van der Waals surface area contributed by atoms with Crippen LogP contribution in [0.2, 0.25) is 0 Å². The van der Waals surface area contributed by atoms with Crippen molar-refractivity contribution in [1.82, 2.24) is 9.80 Å². The van der Waals surface area contributed by atoms with Gasteiger partial charge in [0.25, 0.3) is 0 Å². The summed E-state index contributed by atoms with van der Waals surface area (Å²) in [6.07, 6.45) is 3.63. The molecule has 2 atom stereocenters. The van der Waals surface area contributed by atoms with Crippen molar-refractivity contribution in [1.29, 1.82) is 0 Å². The van der Waals surface area contributed by atoms with Crippen molar-refractivity contribution < 1.29 is 0 Å². The van der Waals surface area contributed by atoms with E-state index in [1.807, 2.05) is 0 Å². The summed E-state index contributed by atoms with van der Waals surface area (Å²) in [5.74, 6) is 0. The highest BCUT2D eigenvalue weighted by atomic mass is 15.2. The van der Waals surface area contributed by atoms with Gasteiger partial charge in [-0.15, -0.1) is 0 Å². The van der Waals surface area contributed by atoms with Gasteiger partial charge in [0, 0.05) is 18.1 Å². The second-order valence-corrected chi connectivity index (χ2v) is 6.19. The van der Waals surface area contributed by atoms with Crippen LogP contribution in [0, 0.1) is 0 Å². The van der Waals surface area contributed by atoms with Gasteiger partial charge in [0.05, 0.1) is 0 Å². The highest BCUT2D eigenvalue weighted by molar-refractivity contribution is 5.37. The molecule has 1 aliphatic heterocycles. The molecule has 1 heterocycles. The zero-order chi connectivity index (χ0) is 13.4. The van der Waals surface area contributed by atoms with E-state index >= 15 is 0 Å². The third kappa shape index (κ3) is 2.42. The lowest BCUT2D eigenvalue weighted by Gasteiger charge is -2.38. The second-order valence-electron chi connectivity index (χ2n) is 6.19. The number of nitrogens with zero attached hydrogens (tertiary/aromatic N) is 2. The fourth-order valence-corrected chi connectivity index (χ4v) is 3.69. The van der Waals surface area contributed by atoms with E-state index in [1.165, 1.54) is 37.1 Å². The molecule has 0 amide bonds. The van der Waals surface area contributed by atoms with Crippen molar-refractivity contribution in [3.05, 3.63) is 35.4 Å². The van der Waals surface area contributed by atoms with Crippen molar-refractivity contribution in [2.24, 2.45) is 5.73 Å².